The van der Waals surface area contributed by atoms with Crippen LogP contribution in [0.1, 0.15) is 24.8 Å². The van der Waals surface area contributed by atoms with Gasteiger partial charge in [0.15, 0.2) is 0 Å². The van der Waals surface area contributed by atoms with Crippen molar-refractivity contribution in [2.45, 2.75) is 18.9 Å². The molecule has 0 saturated carbocycles. The van der Waals surface area contributed by atoms with Gasteiger partial charge in [-0.25, -0.2) is 9.97 Å². The van der Waals surface area contributed by atoms with E-state index < -0.39 is 0 Å². The van der Waals surface area contributed by atoms with Crippen LogP contribution in [-0.2, 0) is 16.6 Å². The summed E-state index contributed by atoms with van der Waals surface area (Å²) in [5.74, 6) is 0.980. The fourth-order valence-electron chi connectivity index (χ4n) is 3.19. The van der Waals surface area contributed by atoms with Crippen molar-refractivity contribution < 1.29 is 9.53 Å². The molecule has 3 aromatic heterocycles. The molecule has 2 atom stereocenters. The van der Waals surface area contributed by atoms with Crippen molar-refractivity contribution >= 4 is 22.6 Å². The van der Waals surface area contributed by atoms with Crippen LogP contribution in [0.2, 0.25) is 0 Å². The molecule has 4 rings (SSSR count). The van der Waals surface area contributed by atoms with Crippen LogP contribution in [0.25, 0.3) is 10.9 Å². The van der Waals surface area contributed by atoms with Gasteiger partial charge in [-0.1, -0.05) is 0 Å². The molecule has 0 bridgehead atoms. The second-order valence-corrected chi connectivity index (χ2v) is 6.06. The Morgan fingerprint density at radius 3 is 3.21 bits per heavy atom. The van der Waals surface area contributed by atoms with Gasteiger partial charge >= 0.3 is 0 Å². The second kappa shape index (κ2) is 6.09. The van der Waals surface area contributed by atoms with Crippen LogP contribution in [0, 0.1) is 5.92 Å². The Kier molecular flexibility index (Phi) is 3.78. The van der Waals surface area contributed by atoms with E-state index in [1.165, 1.54) is 0 Å². The number of rotatable bonds is 3. The van der Waals surface area contributed by atoms with Crippen LogP contribution >= 0.6 is 0 Å². The maximum atomic E-state index is 12.8. The second-order valence-electron chi connectivity index (χ2n) is 6.06. The minimum absolute atomic E-state index is 0.0786. The van der Waals surface area contributed by atoms with Crippen LogP contribution in [0.4, 0.5) is 5.82 Å². The number of hydrogen-bond acceptors (Lipinski definition) is 4. The van der Waals surface area contributed by atoms with Gasteiger partial charge in [0.25, 0.3) is 0 Å². The zero-order chi connectivity index (χ0) is 16.5. The van der Waals surface area contributed by atoms with Gasteiger partial charge in [0.05, 0.1) is 17.6 Å². The number of anilines is 1. The molecule has 1 aliphatic heterocycles. The molecule has 0 unspecified atom stereocenters. The van der Waals surface area contributed by atoms with Crippen molar-refractivity contribution in [1.82, 2.24) is 19.5 Å². The number of H-pyrrole nitrogens is 1. The Bertz CT molecular complexity index is 869. The third-order valence-corrected chi connectivity index (χ3v) is 4.46. The zero-order valence-electron chi connectivity index (χ0n) is 13.4. The highest BCUT2D eigenvalue weighted by atomic mass is 16.5. The molecule has 24 heavy (non-hydrogen) atoms. The molecular formula is C17H19N5O2. The molecule has 7 nitrogen and oxygen atoms in total. The average Bonchev–Trinajstić information content (AvgIpc) is 3.23. The lowest BCUT2D eigenvalue weighted by molar-refractivity contribution is -0.130. The van der Waals surface area contributed by atoms with E-state index >= 15 is 0 Å². The first-order valence-corrected chi connectivity index (χ1v) is 8.05. The standard InChI is InChI=1S/C17H19N5O2/c1-22-7-6-19-16(22)15-12(3-2-8-24-15)17(23)21-14-9-11-4-5-18-13(11)10-20-14/h4-7,9-10,12,15,18H,2-3,8H2,1H3,(H,20,21,23)/t12-,15-/m1/s1. The van der Waals surface area contributed by atoms with Gasteiger partial charge in [0.1, 0.15) is 17.7 Å². The van der Waals surface area contributed by atoms with Crippen LogP contribution in [-0.4, -0.2) is 32.0 Å². The fourth-order valence-corrected chi connectivity index (χ4v) is 3.19. The summed E-state index contributed by atoms with van der Waals surface area (Å²) in [6.07, 6.45) is 8.48. The third-order valence-electron chi connectivity index (χ3n) is 4.46. The summed E-state index contributed by atoms with van der Waals surface area (Å²) >= 11 is 0. The van der Waals surface area contributed by atoms with E-state index in [1.54, 1.807) is 12.4 Å². The highest BCUT2D eigenvalue weighted by molar-refractivity contribution is 5.94. The fraction of sp³-hybridized carbons (Fsp3) is 0.353. The molecule has 4 heterocycles. The summed E-state index contributed by atoms with van der Waals surface area (Å²) in [6, 6.07) is 3.82. The lowest BCUT2D eigenvalue weighted by atomic mass is 9.92. The van der Waals surface area contributed by atoms with Crippen LogP contribution in [0.5, 0.6) is 0 Å². The number of nitrogens with one attached hydrogen (secondary N) is 2. The van der Waals surface area contributed by atoms with Crippen molar-refractivity contribution in [3.05, 3.63) is 42.7 Å². The van der Waals surface area contributed by atoms with Crippen LogP contribution in [0.15, 0.2) is 36.9 Å². The lowest BCUT2D eigenvalue weighted by Gasteiger charge is -2.30. The summed E-state index contributed by atoms with van der Waals surface area (Å²) < 4.78 is 7.77. The number of carbonyl (C=O) groups is 1. The molecular weight excluding hydrogens is 306 g/mol. The van der Waals surface area contributed by atoms with Crippen molar-refractivity contribution in [2.24, 2.45) is 13.0 Å². The molecule has 0 spiro atoms. The highest BCUT2D eigenvalue weighted by Crippen LogP contribution is 2.33. The number of nitrogens with zero attached hydrogens (tertiary/aromatic N) is 3. The van der Waals surface area contributed by atoms with E-state index in [4.69, 9.17) is 4.74 Å². The molecule has 2 N–H and O–H groups in total. The molecule has 0 aliphatic carbocycles. The number of pyridine rings is 1. The number of aryl methyl sites for hydroxylation is 1. The number of imidazole rings is 1. The van der Waals surface area contributed by atoms with E-state index in [1.807, 2.05) is 36.1 Å². The van der Waals surface area contributed by atoms with E-state index in [-0.39, 0.29) is 17.9 Å². The van der Waals surface area contributed by atoms with E-state index in [0.29, 0.717) is 12.4 Å². The summed E-state index contributed by atoms with van der Waals surface area (Å²) in [7, 11) is 1.91. The number of aromatic nitrogens is 4. The Labute approximate surface area is 139 Å². The molecule has 0 radical (unpaired) electrons. The van der Waals surface area contributed by atoms with Gasteiger partial charge in [-0.15, -0.1) is 0 Å². The van der Waals surface area contributed by atoms with Gasteiger partial charge < -0.3 is 19.6 Å². The monoisotopic (exact) mass is 325 g/mol. The molecule has 0 aromatic carbocycles. The maximum absolute atomic E-state index is 12.8. The summed E-state index contributed by atoms with van der Waals surface area (Å²) in [5, 5.41) is 3.94. The summed E-state index contributed by atoms with van der Waals surface area (Å²) in [4.78, 5) is 24.5. The SMILES string of the molecule is Cn1ccnc1[C@@H]1OCCC[C@H]1C(=O)Nc1cc2cc[nH]c2cn1. The molecule has 1 fully saturated rings. The van der Waals surface area contributed by atoms with Gasteiger partial charge in [-0.05, 0) is 25.0 Å². The number of aromatic amines is 1. The van der Waals surface area contributed by atoms with E-state index in [0.717, 1.165) is 29.6 Å². The largest absolute Gasteiger partial charge is 0.369 e. The summed E-state index contributed by atoms with van der Waals surface area (Å²) in [6.45, 7) is 0.648. The number of amides is 1. The predicted octanol–water partition coefficient (Wildman–Crippen LogP) is 2.40. The van der Waals surface area contributed by atoms with Gasteiger partial charge in [0, 0.05) is 37.6 Å². The van der Waals surface area contributed by atoms with Crippen LogP contribution < -0.4 is 5.32 Å². The topological polar surface area (TPSA) is 84.8 Å². The number of fused-ring (bicyclic) bond motifs is 1. The number of carbonyl (C=O) groups excluding carboxylic acids is 1. The molecule has 1 amide bonds. The minimum Gasteiger partial charge on any atom is -0.369 e. The van der Waals surface area contributed by atoms with Crippen molar-refractivity contribution in [1.29, 1.82) is 0 Å². The van der Waals surface area contributed by atoms with Gasteiger partial charge in [-0.2, -0.15) is 0 Å². The number of ether oxygens (including phenoxy) is 1. The van der Waals surface area contributed by atoms with E-state index in [2.05, 4.69) is 20.3 Å². The Morgan fingerprint density at radius 1 is 1.46 bits per heavy atom. The van der Waals surface area contributed by atoms with E-state index in [9.17, 15) is 4.79 Å². The lowest BCUT2D eigenvalue weighted by Crippen LogP contribution is -2.34. The van der Waals surface area contributed by atoms with Crippen LogP contribution in [0.3, 0.4) is 0 Å². The van der Waals surface area contributed by atoms with Crippen molar-refractivity contribution in [3.8, 4) is 0 Å². The number of hydrogen-bond donors (Lipinski definition) is 2. The molecule has 3 aromatic rings. The third kappa shape index (κ3) is 2.67. The first-order chi connectivity index (χ1) is 11.7. The smallest absolute Gasteiger partial charge is 0.231 e. The Balaban J connectivity index is 1.56. The first kappa shape index (κ1) is 14.9. The average molecular weight is 325 g/mol. The Morgan fingerprint density at radius 2 is 2.38 bits per heavy atom. The molecule has 7 heteroatoms. The Hall–Kier alpha value is -2.67. The highest BCUT2D eigenvalue weighted by Gasteiger charge is 2.35. The quantitative estimate of drug-likeness (QED) is 0.774. The predicted molar refractivity (Wildman–Crippen MR) is 89.3 cm³/mol. The summed E-state index contributed by atoms with van der Waals surface area (Å²) in [5.41, 5.74) is 0.944. The zero-order valence-corrected chi connectivity index (χ0v) is 13.4. The van der Waals surface area contributed by atoms with Gasteiger partial charge in [0.2, 0.25) is 5.91 Å². The van der Waals surface area contributed by atoms with Gasteiger partial charge in [-0.3, -0.25) is 4.79 Å². The molecule has 1 aliphatic rings. The molecule has 124 valence electrons. The first-order valence-electron chi connectivity index (χ1n) is 8.05. The minimum atomic E-state index is -0.324. The van der Waals surface area contributed by atoms with Crippen molar-refractivity contribution in [2.75, 3.05) is 11.9 Å². The van der Waals surface area contributed by atoms with Crippen molar-refractivity contribution in [3.63, 3.8) is 0 Å². The molecule has 1 saturated heterocycles. The normalized spacial score (nSPS) is 21.0. The maximum Gasteiger partial charge on any atom is 0.231 e.